The highest BCUT2D eigenvalue weighted by molar-refractivity contribution is 5.42. The van der Waals surface area contributed by atoms with E-state index in [1.807, 2.05) is 13.8 Å². The Balaban J connectivity index is 1.76. The second-order valence-electron chi connectivity index (χ2n) is 8.31. The van der Waals surface area contributed by atoms with Gasteiger partial charge in [0.15, 0.2) is 0 Å². The van der Waals surface area contributed by atoms with Crippen molar-refractivity contribution in [1.29, 1.82) is 0 Å². The quantitative estimate of drug-likeness (QED) is 0.868. The lowest BCUT2D eigenvalue weighted by atomic mass is 9.68. The highest BCUT2D eigenvalue weighted by Gasteiger charge is 2.58. The highest BCUT2D eigenvalue weighted by atomic mass is 16.3. The average molecular weight is 287 g/mol. The van der Waals surface area contributed by atoms with Crippen LogP contribution in [0, 0.1) is 30.6 Å². The van der Waals surface area contributed by atoms with Crippen molar-refractivity contribution < 1.29 is 5.11 Å². The molecule has 21 heavy (non-hydrogen) atoms. The number of rotatable bonds is 3. The van der Waals surface area contributed by atoms with E-state index in [9.17, 15) is 5.11 Å². The molecule has 116 valence electrons. The Morgan fingerprint density at radius 1 is 1.19 bits per heavy atom. The summed E-state index contributed by atoms with van der Waals surface area (Å²) >= 11 is 0. The van der Waals surface area contributed by atoms with Crippen LogP contribution >= 0.6 is 0 Å². The van der Waals surface area contributed by atoms with Gasteiger partial charge in [-0.2, -0.15) is 0 Å². The zero-order valence-electron chi connectivity index (χ0n) is 14.1. The average Bonchev–Trinajstić information content (AvgIpc) is 2.86. The maximum atomic E-state index is 9.90. The molecule has 0 spiro atoms. The number of hydrogen-bond donors (Lipinski definition) is 2. The van der Waals surface area contributed by atoms with Crippen LogP contribution in [0.3, 0.4) is 0 Å². The Kier molecular flexibility index (Phi) is 3.36. The maximum Gasteiger partial charge on any atom is 0.121 e. The lowest BCUT2D eigenvalue weighted by Gasteiger charge is -2.43. The van der Waals surface area contributed by atoms with Gasteiger partial charge < -0.3 is 10.4 Å². The molecule has 2 heteroatoms. The number of phenolic OH excluding ortho intramolecular Hbond substituents is 1. The van der Waals surface area contributed by atoms with Crippen LogP contribution in [0.4, 0.5) is 0 Å². The summed E-state index contributed by atoms with van der Waals surface area (Å²) in [6, 6.07) is 4.81. The van der Waals surface area contributed by atoms with Gasteiger partial charge in [-0.1, -0.05) is 32.9 Å². The predicted octanol–water partition coefficient (Wildman–Crippen LogP) is 4.31. The molecule has 2 aliphatic rings. The van der Waals surface area contributed by atoms with E-state index in [1.54, 1.807) is 0 Å². The van der Waals surface area contributed by atoms with Crippen LogP contribution in [-0.4, -0.2) is 11.1 Å². The van der Waals surface area contributed by atoms with Gasteiger partial charge in [0.05, 0.1) is 0 Å². The molecule has 2 nitrogen and oxygen atoms in total. The minimum atomic E-state index is 0.397. The third kappa shape index (κ3) is 2.28. The first kappa shape index (κ1) is 14.9. The van der Waals surface area contributed by atoms with E-state index >= 15 is 0 Å². The number of benzene rings is 1. The Morgan fingerprint density at radius 3 is 2.33 bits per heavy atom. The van der Waals surface area contributed by atoms with Crippen LogP contribution in [-0.2, 0) is 6.54 Å². The van der Waals surface area contributed by atoms with Gasteiger partial charge in [-0.15, -0.1) is 0 Å². The van der Waals surface area contributed by atoms with E-state index in [0.29, 0.717) is 22.6 Å². The normalized spacial score (nSPS) is 33.6. The van der Waals surface area contributed by atoms with Crippen molar-refractivity contribution in [2.75, 3.05) is 0 Å². The minimum Gasteiger partial charge on any atom is -0.507 e. The molecule has 2 N–H and O–H groups in total. The van der Waals surface area contributed by atoms with Gasteiger partial charge in [0.1, 0.15) is 5.75 Å². The maximum absolute atomic E-state index is 9.90. The van der Waals surface area contributed by atoms with Crippen molar-refractivity contribution in [2.24, 2.45) is 16.7 Å². The van der Waals surface area contributed by atoms with Crippen LogP contribution in [0.5, 0.6) is 5.75 Å². The summed E-state index contributed by atoms with van der Waals surface area (Å²) in [4.78, 5) is 0. The zero-order valence-corrected chi connectivity index (χ0v) is 14.1. The topological polar surface area (TPSA) is 32.3 Å². The molecule has 1 aromatic rings. The van der Waals surface area contributed by atoms with Crippen LogP contribution in [0.1, 0.15) is 56.7 Å². The highest BCUT2D eigenvalue weighted by Crippen LogP contribution is 2.62. The van der Waals surface area contributed by atoms with Crippen molar-refractivity contribution in [1.82, 2.24) is 5.32 Å². The Bertz CT molecular complexity index is 535. The summed E-state index contributed by atoms with van der Waals surface area (Å²) < 4.78 is 0. The van der Waals surface area contributed by atoms with Gasteiger partial charge in [0.2, 0.25) is 0 Å². The first-order chi connectivity index (χ1) is 9.74. The second-order valence-corrected chi connectivity index (χ2v) is 8.31. The van der Waals surface area contributed by atoms with Crippen molar-refractivity contribution in [3.63, 3.8) is 0 Å². The largest absolute Gasteiger partial charge is 0.507 e. The summed E-state index contributed by atoms with van der Waals surface area (Å²) in [5.74, 6) is 1.31. The van der Waals surface area contributed by atoms with Gasteiger partial charge in [-0.25, -0.2) is 0 Å². The van der Waals surface area contributed by atoms with Crippen LogP contribution in [0.25, 0.3) is 0 Å². The van der Waals surface area contributed by atoms with E-state index in [4.69, 9.17) is 0 Å². The minimum absolute atomic E-state index is 0.397. The summed E-state index contributed by atoms with van der Waals surface area (Å²) in [5.41, 5.74) is 4.10. The number of hydrogen-bond acceptors (Lipinski definition) is 2. The van der Waals surface area contributed by atoms with Gasteiger partial charge in [-0.3, -0.25) is 0 Å². The zero-order chi connectivity index (χ0) is 15.4. The molecule has 1 aromatic carbocycles. The molecule has 2 saturated carbocycles. The lowest BCUT2D eigenvalue weighted by Crippen LogP contribution is -2.49. The monoisotopic (exact) mass is 287 g/mol. The number of nitrogens with one attached hydrogen (secondary N) is 1. The van der Waals surface area contributed by atoms with Crippen molar-refractivity contribution in [3.05, 3.63) is 28.8 Å². The van der Waals surface area contributed by atoms with Gasteiger partial charge in [-0.05, 0) is 66.5 Å². The molecule has 0 saturated heterocycles. The fraction of sp³-hybridized carbons (Fsp3) is 0.684. The Hall–Kier alpha value is -1.02. The summed E-state index contributed by atoms with van der Waals surface area (Å²) in [6.07, 6.45) is 4.15. The van der Waals surface area contributed by atoms with E-state index < -0.39 is 0 Å². The van der Waals surface area contributed by atoms with Crippen molar-refractivity contribution in [2.45, 2.75) is 66.5 Å². The standard InChI is InChI=1S/C19H29NO/c1-12-8-14(9-13(2)16(12)21)11-20-17-18(3,4)15-6-7-19(17,5)10-15/h8-9,15,17,20-21H,6-7,10-11H2,1-5H3. The Morgan fingerprint density at radius 2 is 1.81 bits per heavy atom. The summed E-state index contributed by atoms with van der Waals surface area (Å²) in [7, 11) is 0. The molecule has 2 aliphatic carbocycles. The van der Waals surface area contributed by atoms with Crippen molar-refractivity contribution >= 4 is 0 Å². The molecule has 2 bridgehead atoms. The molecule has 0 aromatic heterocycles. The number of phenols is 1. The van der Waals surface area contributed by atoms with Crippen LogP contribution in [0.2, 0.25) is 0 Å². The molecule has 0 aliphatic heterocycles. The molecule has 3 rings (SSSR count). The van der Waals surface area contributed by atoms with E-state index in [2.05, 4.69) is 38.2 Å². The smallest absolute Gasteiger partial charge is 0.121 e. The van der Waals surface area contributed by atoms with Gasteiger partial charge in [0, 0.05) is 12.6 Å². The molecular formula is C19H29NO. The number of aryl methyl sites for hydroxylation is 2. The van der Waals surface area contributed by atoms with Gasteiger partial charge in [0.25, 0.3) is 0 Å². The SMILES string of the molecule is Cc1cc(CNC2C3(C)CCC(C3)C2(C)C)cc(C)c1O. The Labute approximate surface area is 129 Å². The second kappa shape index (κ2) is 4.74. The molecule has 3 unspecified atom stereocenters. The third-order valence-electron chi connectivity index (χ3n) is 6.33. The molecule has 0 radical (unpaired) electrons. The first-order valence-electron chi connectivity index (χ1n) is 8.26. The molecule has 3 atom stereocenters. The third-order valence-corrected chi connectivity index (χ3v) is 6.33. The van der Waals surface area contributed by atoms with E-state index in [0.717, 1.165) is 23.6 Å². The molecular weight excluding hydrogens is 258 g/mol. The van der Waals surface area contributed by atoms with E-state index in [-0.39, 0.29) is 0 Å². The summed E-state index contributed by atoms with van der Waals surface area (Å²) in [6.45, 7) is 12.2. The molecule has 0 heterocycles. The van der Waals surface area contributed by atoms with Crippen molar-refractivity contribution in [3.8, 4) is 5.75 Å². The fourth-order valence-corrected chi connectivity index (χ4v) is 5.18. The van der Waals surface area contributed by atoms with Gasteiger partial charge >= 0.3 is 0 Å². The fourth-order valence-electron chi connectivity index (χ4n) is 5.18. The number of aromatic hydroxyl groups is 1. The van der Waals surface area contributed by atoms with Crippen LogP contribution < -0.4 is 5.32 Å². The van der Waals surface area contributed by atoms with Crippen LogP contribution in [0.15, 0.2) is 12.1 Å². The predicted molar refractivity (Wildman–Crippen MR) is 87.4 cm³/mol. The number of fused-ring (bicyclic) bond motifs is 2. The first-order valence-corrected chi connectivity index (χ1v) is 8.26. The molecule has 0 amide bonds. The molecule has 2 fully saturated rings. The van der Waals surface area contributed by atoms with E-state index in [1.165, 1.54) is 24.8 Å². The lowest BCUT2D eigenvalue weighted by molar-refractivity contribution is 0.108. The summed E-state index contributed by atoms with van der Waals surface area (Å²) in [5, 5.41) is 13.8.